The summed E-state index contributed by atoms with van der Waals surface area (Å²) in [6.45, 7) is 4.39. The van der Waals surface area contributed by atoms with Gasteiger partial charge in [-0.05, 0) is 38.0 Å². The molecule has 4 nitrogen and oxygen atoms in total. The molecule has 0 aromatic carbocycles. The second-order valence-corrected chi connectivity index (χ2v) is 6.46. The summed E-state index contributed by atoms with van der Waals surface area (Å²) >= 11 is 0. The summed E-state index contributed by atoms with van der Waals surface area (Å²) in [5.41, 5.74) is -0.382. The van der Waals surface area contributed by atoms with Gasteiger partial charge in [-0.3, -0.25) is 0 Å². The van der Waals surface area contributed by atoms with Gasteiger partial charge in [-0.25, -0.2) is 9.59 Å². The molecular formula is C18H30O4. The summed E-state index contributed by atoms with van der Waals surface area (Å²) in [6, 6.07) is 0. The minimum Gasteiger partial charge on any atom is -0.478 e. The van der Waals surface area contributed by atoms with Gasteiger partial charge in [0.25, 0.3) is 0 Å². The molecule has 0 aliphatic heterocycles. The first kappa shape index (κ1) is 18.7. The van der Waals surface area contributed by atoms with Gasteiger partial charge in [-0.15, -0.1) is 0 Å². The maximum Gasteiger partial charge on any atom is 0.331 e. The van der Waals surface area contributed by atoms with Crippen molar-refractivity contribution in [2.45, 2.75) is 83.7 Å². The molecule has 0 heterocycles. The van der Waals surface area contributed by atoms with Crippen molar-refractivity contribution < 1.29 is 19.4 Å². The van der Waals surface area contributed by atoms with Crippen molar-refractivity contribution in [2.24, 2.45) is 5.92 Å². The molecule has 1 fully saturated rings. The third-order valence-corrected chi connectivity index (χ3v) is 4.65. The van der Waals surface area contributed by atoms with Crippen molar-refractivity contribution in [1.82, 2.24) is 0 Å². The Hall–Kier alpha value is -1.32. The normalized spacial score (nSPS) is 19.0. The number of rotatable bonds is 9. The predicted molar refractivity (Wildman–Crippen MR) is 86.6 cm³/mol. The minimum atomic E-state index is -1.12. The predicted octanol–water partition coefficient (Wildman–Crippen LogP) is 4.48. The fourth-order valence-electron chi connectivity index (χ4n) is 3.40. The van der Waals surface area contributed by atoms with Crippen molar-refractivity contribution in [3.8, 4) is 0 Å². The Morgan fingerprint density at radius 2 is 1.86 bits per heavy atom. The van der Waals surface area contributed by atoms with Crippen molar-refractivity contribution >= 4 is 11.9 Å². The third kappa shape index (κ3) is 6.63. The molecule has 22 heavy (non-hydrogen) atoms. The number of aliphatic carboxylic acids is 1. The summed E-state index contributed by atoms with van der Waals surface area (Å²) in [5.74, 6) is -1.06. The van der Waals surface area contributed by atoms with E-state index in [1.165, 1.54) is 25.7 Å². The van der Waals surface area contributed by atoms with E-state index < -0.39 is 11.9 Å². The van der Waals surface area contributed by atoms with Gasteiger partial charge in [0.05, 0.1) is 0 Å². The van der Waals surface area contributed by atoms with Crippen LogP contribution in [-0.4, -0.2) is 22.6 Å². The molecule has 0 spiro atoms. The second-order valence-electron chi connectivity index (χ2n) is 6.46. The van der Waals surface area contributed by atoms with Crippen LogP contribution in [0.1, 0.15) is 78.1 Å². The van der Waals surface area contributed by atoms with Gasteiger partial charge < -0.3 is 9.84 Å². The van der Waals surface area contributed by atoms with Gasteiger partial charge in [0.15, 0.2) is 0 Å². The van der Waals surface area contributed by atoms with E-state index in [0.29, 0.717) is 5.92 Å². The Morgan fingerprint density at radius 1 is 1.18 bits per heavy atom. The molecule has 1 N–H and O–H groups in total. The van der Waals surface area contributed by atoms with Crippen molar-refractivity contribution in [3.63, 3.8) is 0 Å². The van der Waals surface area contributed by atoms with Crippen LogP contribution < -0.4 is 0 Å². The van der Waals surface area contributed by atoms with Crippen molar-refractivity contribution in [2.75, 3.05) is 0 Å². The number of carbonyl (C=O) groups excluding carboxylic acids is 1. The lowest BCUT2D eigenvalue weighted by Gasteiger charge is -2.39. The van der Waals surface area contributed by atoms with E-state index in [2.05, 4.69) is 13.8 Å². The molecule has 0 aromatic heterocycles. The molecule has 1 aliphatic rings. The Balaban J connectivity index is 2.71. The van der Waals surface area contributed by atoms with Gasteiger partial charge in [0, 0.05) is 12.2 Å². The highest BCUT2D eigenvalue weighted by atomic mass is 16.6. The molecule has 0 amide bonds. The van der Waals surface area contributed by atoms with Crippen LogP contribution in [0.4, 0.5) is 0 Å². The first-order valence-electron chi connectivity index (χ1n) is 8.65. The number of hydrogen-bond donors (Lipinski definition) is 1. The molecule has 1 rings (SSSR count). The van der Waals surface area contributed by atoms with E-state index in [-0.39, 0.29) is 5.60 Å². The highest BCUT2D eigenvalue weighted by Crippen LogP contribution is 2.39. The molecule has 0 aromatic rings. The summed E-state index contributed by atoms with van der Waals surface area (Å²) in [4.78, 5) is 22.5. The van der Waals surface area contributed by atoms with E-state index in [1.54, 1.807) is 0 Å². The maximum atomic E-state index is 11.9. The van der Waals surface area contributed by atoms with E-state index in [4.69, 9.17) is 9.84 Å². The van der Waals surface area contributed by atoms with Gasteiger partial charge in [0.2, 0.25) is 0 Å². The number of ether oxygens (including phenoxy) is 1. The number of esters is 1. The van der Waals surface area contributed by atoms with Crippen molar-refractivity contribution in [1.29, 1.82) is 0 Å². The standard InChI is InChI=1S/C18H30O4/c1-3-5-9-15(4-2)14-18(12-7-6-8-13-18)22-17(21)11-10-16(19)20/h10-11,15H,3-9,12-14H2,1-2H3,(H,19,20). The van der Waals surface area contributed by atoms with E-state index in [1.807, 2.05) is 0 Å². The number of carboxylic acid groups (broad SMARTS) is 1. The third-order valence-electron chi connectivity index (χ3n) is 4.65. The monoisotopic (exact) mass is 310 g/mol. The van der Waals surface area contributed by atoms with Crippen LogP contribution in [-0.2, 0) is 14.3 Å². The first-order valence-corrected chi connectivity index (χ1v) is 8.65. The lowest BCUT2D eigenvalue weighted by molar-refractivity contribution is -0.160. The SMILES string of the molecule is CCCCC(CC)CC1(OC(=O)C=CC(=O)O)CCCCC1. The zero-order valence-electron chi connectivity index (χ0n) is 14.0. The molecular weight excluding hydrogens is 280 g/mol. The lowest BCUT2D eigenvalue weighted by atomic mass is 9.76. The molecule has 1 saturated carbocycles. The molecule has 0 saturated heterocycles. The highest BCUT2D eigenvalue weighted by molar-refractivity contribution is 5.90. The number of unbranched alkanes of at least 4 members (excludes halogenated alkanes) is 1. The number of carboxylic acids is 1. The summed E-state index contributed by atoms with van der Waals surface area (Å²) < 4.78 is 5.75. The quantitative estimate of drug-likeness (QED) is 0.504. The van der Waals surface area contributed by atoms with Crippen LogP contribution in [0.3, 0.4) is 0 Å². The van der Waals surface area contributed by atoms with E-state index >= 15 is 0 Å². The van der Waals surface area contributed by atoms with Gasteiger partial charge in [-0.1, -0.05) is 46.0 Å². The number of carbonyl (C=O) groups is 2. The molecule has 0 bridgehead atoms. The summed E-state index contributed by atoms with van der Waals surface area (Å²) in [7, 11) is 0. The van der Waals surface area contributed by atoms with Gasteiger partial charge >= 0.3 is 11.9 Å². The largest absolute Gasteiger partial charge is 0.478 e. The summed E-state index contributed by atoms with van der Waals surface area (Å²) in [6.07, 6.45) is 12.6. The number of hydrogen-bond acceptors (Lipinski definition) is 3. The van der Waals surface area contributed by atoms with Crippen LogP contribution in [0.5, 0.6) is 0 Å². The van der Waals surface area contributed by atoms with Gasteiger partial charge in [-0.2, -0.15) is 0 Å². The molecule has 1 atom stereocenters. The van der Waals surface area contributed by atoms with Gasteiger partial charge in [0.1, 0.15) is 5.60 Å². The van der Waals surface area contributed by atoms with Crippen LogP contribution >= 0.6 is 0 Å². The Labute approximate surface area is 133 Å². The fourth-order valence-corrected chi connectivity index (χ4v) is 3.40. The fraction of sp³-hybridized carbons (Fsp3) is 0.778. The topological polar surface area (TPSA) is 63.6 Å². The lowest BCUT2D eigenvalue weighted by Crippen LogP contribution is -2.39. The molecule has 1 aliphatic carbocycles. The summed E-state index contributed by atoms with van der Waals surface area (Å²) in [5, 5.41) is 8.62. The molecule has 0 radical (unpaired) electrons. The maximum absolute atomic E-state index is 11.9. The van der Waals surface area contributed by atoms with Crippen LogP contribution in [0.25, 0.3) is 0 Å². The van der Waals surface area contributed by atoms with Crippen LogP contribution in [0.15, 0.2) is 12.2 Å². The zero-order valence-corrected chi connectivity index (χ0v) is 14.0. The Morgan fingerprint density at radius 3 is 2.41 bits per heavy atom. The van der Waals surface area contributed by atoms with E-state index in [0.717, 1.165) is 50.7 Å². The first-order chi connectivity index (χ1) is 10.5. The average molecular weight is 310 g/mol. The average Bonchev–Trinajstić information content (AvgIpc) is 2.50. The smallest absolute Gasteiger partial charge is 0.331 e. The highest BCUT2D eigenvalue weighted by Gasteiger charge is 2.37. The van der Waals surface area contributed by atoms with E-state index in [9.17, 15) is 9.59 Å². The van der Waals surface area contributed by atoms with Crippen LogP contribution in [0, 0.1) is 5.92 Å². The molecule has 1 unspecified atom stereocenters. The molecule has 126 valence electrons. The minimum absolute atomic E-state index is 0.382. The second kappa shape index (κ2) is 9.65. The Bertz CT molecular complexity index is 381. The zero-order chi connectivity index (χ0) is 16.4. The van der Waals surface area contributed by atoms with Crippen LogP contribution in [0.2, 0.25) is 0 Å². The van der Waals surface area contributed by atoms with Crippen molar-refractivity contribution in [3.05, 3.63) is 12.2 Å². The Kier molecular flexibility index (Phi) is 8.21. The molecule has 4 heteroatoms.